The zero-order valence-corrected chi connectivity index (χ0v) is 8.48. The van der Waals surface area contributed by atoms with Gasteiger partial charge in [-0.1, -0.05) is 12.5 Å². The predicted octanol–water partition coefficient (Wildman–Crippen LogP) is 2.89. The van der Waals surface area contributed by atoms with Crippen LogP contribution in [0.1, 0.15) is 46.5 Å². The molecule has 0 spiro atoms. The van der Waals surface area contributed by atoms with Crippen molar-refractivity contribution in [1.29, 1.82) is 0 Å². The summed E-state index contributed by atoms with van der Waals surface area (Å²) in [6.07, 6.45) is 4.18. The zero-order valence-electron chi connectivity index (χ0n) is 8.48. The molecular formula is C11H20O. The number of hydrogen-bond donors (Lipinski definition) is 1. The fraction of sp³-hybridized carbons (Fsp3) is 0.818. The Morgan fingerprint density at radius 1 is 1.42 bits per heavy atom. The molecule has 1 N–H and O–H groups in total. The van der Waals surface area contributed by atoms with Crippen molar-refractivity contribution < 1.29 is 5.11 Å². The van der Waals surface area contributed by atoms with Crippen LogP contribution in [0.2, 0.25) is 0 Å². The van der Waals surface area contributed by atoms with Gasteiger partial charge in [-0.05, 0) is 44.9 Å². The first kappa shape index (κ1) is 9.79. The van der Waals surface area contributed by atoms with Gasteiger partial charge in [-0.2, -0.15) is 0 Å². The van der Waals surface area contributed by atoms with Crippen LogP contribution >= 0.6 is 0 Å². The lowest BCUT2D eigenvalue weighted by Gasteiger charge is -2.37. The highest BCUT2D eigenvalue weighted by atomic mass is 16.3. The molecular weight excluding hydrogens is 148 g/mol. The second-order valence-electron chi connectivity index (χ2n) is 4.82. The van der Waals surface area contributed by atoms with Gasteiger partial charge in [-0.15, -0.1) is 6.58 Å². The minimum Gasteiger partial charge on any atom is -0.390 e. The molecule has 0 saturated heterocycles. The molecule has 0 heterocycles. The lowest BCUT2D eigenvalue weighted by Crippen LogP contribution is -2.38. The molecule has 70 valence electrons. The van der Waals surface area contributed by atoms with E-state index in [-0.39, 0.29) is 5.41 Å². The van der Waals surface area contributed by atoms with E-state index in [0.29, 0.717) is 0 Å². The largest absolute Gasteiger partial charge is 0.390 e. The summed E-state index contributed by atoms with van der Waals surface area (Å²) in [6.45, 7) is 10.1. The van der Waals surface area contributed by atoms with Crippen LogP contribution in [0, 0.1) is 5.41 Å². The summed E-state index contributed by atoms with van der Waals surface area (Å²) in [7, 11) is 0. The lowest BCUT2D eigenvalue weighted by molar-refractivity contribution is -0.0352. The van der Waals surface area contributed by atoms with Gasteiger partial charge in [0.25, 0.3) is 0 Å². The van der Waals surface area contributed by atoms with Crippen molar-refractivity contribution in [3.63, 3.8) is 0 Å². The molecule has 0 aliphatic heterocycles. The third-order valence-corrected chi connectivity index (χ3v) is 3.38. The Kier molecular flexibility index (Phi) is 2.35. The summed E-state index contributed by atoms with van der Waals surface area (Å²) in [5.41, 5.74) is 0.768. The van der Waals surface area contributed by atoms with Gasteiger partial charge in [0.15, 0.2) is 0 Å². The third-order valence-electron chi connectivity index (χ3n) is 3.38. The van der Waals surface area contributed by atoms with Crippen molar-refractivity contribution in [2.24, 2.45) is 5.41 Å². The Morgan fingerprint density at radius 2 is 2.00 bits per heavy atom. The second-order valence-corrected chi connectivity index (χ2v) is 4.82. The molecule has 0 bridgehead atoms. The first-order valence-electron chi connectivity index (χ1n) is 4.74. The summed E-state index contributed by atoms with van der Waals surface area (Å²) in [5, 5.41) is 10.1. The summed E-state index contributed by atoms with van der Waals surface area (Å²) < 4.78 is 0. The maximum absolute atomic E-state index is 10.1. The third kappa shape index (κ3) is 1.56. The highest BCUT2D eigenvalue weighted by Crippen LogP contribution is 2.49. The van der Waals surface area contributed by atoms with Crippen molar-refractivity contribution in [3.05, 3.63) is 12.2 Å². The van der Waals surface area contributed by atoms with Crippen LogP contribution in [0.15, 0.2) is 12.2 Å². The van der Waals surface area contributed by atoms with Crippen molar-refractivity contribution in [1.82, 2.24) is 0 Å². The molecule has 1 rings (SSSR count). The normalized spacial score (nSPS) is 41.7. The minimum absolute atomic E-state index is 0.0683. The van der Waals surface area contributed by atoms with Gasteiger partial charge in [0, 0.05) is 0 Å². The smallest absolute Gasteiger partial charge is 0.0676 e. The molecule has 0 aromatic rings. The van der Waals surface area contributed by atoms with E-state index in [1.54, 1.807) is 0 Å². The first-order valence-corrected chi connectivity index (χ1v) is 4.74. The van der Waals surface area contributed by atoms with Crippen molar-refractivity contribution >= 4 is 0 Å². The topological polar surface area (TPSA) is 20.2 Å². The van der Waals surface area contributed by atoms with E-state index in [1.807, 2.05) is 13.8 Å². The average molecular weight is 168 g/mol. The molecule has 2 unspecified atom stereocenters. The van der Waals surface area contributed by atoms with Crippen molar-refractivity contribution in [3.8, 4) is 0 Å². The van der Waals surface area contributed by atoms with E-state index < -0.39 is 5.60 Å². The van der Waals surface area contributed by atoms with Crippen LogP contribution in [-0.2, 0) is 0 Å². The van der Waals surface area contributed by atoms with Crippen molar-refractivity contribution in [2.75, 3.05) is 0 Å². The maximum atomic E-state index is 10.1. The van der Waals surface area contributed by atoms with Crippen LogP contribution < -0.4 is 0 Å². The number of allylic oxidation sites excluding steroid dienone is 1. The SMILES string of the molecule is C=C(C)CC1(C)CCCC1(C)O. The molecule has 1 aliphatic rings. The molecule has 1 nitrogen and oxygen atoms in total. The molecule has 0 amide bonds. The van der Waals surface area contributed by atoms with Gasteiger partial charge in [0.2, 0.25) is 0 Å². The van der Waals surface area contributed by atoms with Crippen LogP contribution in [0.5, 0.6) is 0 Å². The molecule has 1 saturated carbocycles. The number of aliphatic hydroxyl groups is 1. The lowest BCUT2D eigenvalue weighted by atomic mass is 9.73. The first-order chi connectivity index (χ1) is 5.37. The van der Waals surface area contributed by atoms with Gasteiger partial charge in [0.1, 0.15) is 0 Å². The monoisotopic (exact) mass is 168 g/mol. The van der Waals surface area contributed by atoms with Crippen LogP contribution in [0.25, 0.3) is 0 Å². The summed E-state index contributed by atoms with van der Waals surface area (Å²) in [4.78, 5) is 0. The van der Waals surface area contributed by atoms with Gasteiger partial charge < -0.3 is 5.11 Å². The fourth-order valence-electron chi connectivity index (χ4n) is 2.34. The molecule has 0 radical (unpaired) electrons. The van der Waals surface area contributed by atoms with Gasteiger partial charge in [-0.3, -0.25) is 0 Å². The molecule has 1 fully saturated rings. The Hall–Kier alpha value is -0.300. The zero-order chi connectivity index (χ0) is 9.41. The number of hydrogen-bond acceptors (Lipinski definition) is 1. The standard InChI is InChI=1S/C11H20O/c1-9(2)8-10(3)6-5-7-11(10,4)12/h12H,1,5-8H2,2-4H3. The quantitative estimate of drug-likeness (QED) is 0.629. The fourth-order valence-corrected chi connectivity index (χ4v) is 2.34. The van der Waals surface area contributed by atoms with E-state index in [4.69, 9.17) is 0 Å². The number of rotatable bonds is 2. The van der Waals surface area contributed by atoms with E-state index in [0.717, 1.165) is 25.7 Å². The summed E-state index contributed by atoms with van der Waals surface area (Å²) >= 11 is 0. The van der Waals surface area contributed by atoms with Gasteiger partial charge in [-0.25, -0.2) is 0 Å². The molecule has 12 heavy (non-hydrogen) atoms. The van der Waals surface area contributed by atoms with E-state index in [2.05, 4.69) is 13.5 Å². The second kappa shape index (κ2) is 2.88. The molecule has 0 aromatic carbocycles. The average Bonchev–Trinajstić information content (AvgIpc) is 2.05. The highest BCUT2D eigenvalue weighted by Gasteiger charge is 2.46. The van der Waals surface area contributed by atoms with Crippen LogP contribution in [-0.4, -0.2) is 10.7 Å². The minimum atomic E-state index is -0.480. The maximum Gasteiger partial charge on any atom is 0.0676 e. The molecule has 1 heteroatoms. The Morgan fingerprint density at radius 3 is 2.33 bits per heavy atom. The predicted molar refractivity (Wildman–Crippen MR) is 52.0 cm³/mol. The van der Waals surface area contributed by atoms with E-state index in [9.17, 15) is 5.11 Å². The molecule has 0 aromatic heterocycles. The Balaban J connectivity index is 2.75. The van der Waals surface area contributed by atoms with E-state index >= 15 is 0 Å². The van der Waals surface area contributed by atoms with Crippen molar-refractivity contribution in [2.45, 2.75) is 52.1 Å². The molecule has 1 aliphatic carbocycles. The van der Waals surface area contributed by atoms with Gasteiger partial charge in [0.05, 0.1) is 5.60 Å². The highest BCUT2D eigenvalue weighted by molar-refractivity contribution is 5.05. The van der Waals surface area contributed by atoms with E-state index in [1.165, 1.54) is 5.57 Å². The van der Waals surface area contributed by atoms with Gasteiger partial charge >= 0.3 is 0 Å². The Labute approximate surface area is 75.5 Å². The molecule has 2 atom stereocenters. The summed E-state index contributed by atoms with van der Waals surface area (Å²) in [6, 6.07) is 0. The van der Waals surface area contributed by atoms with Crippen LogP contribution in [0.3, 0.4) is 0 Å². The Bertz CT molecular complexity index is 193. The summed E-state index contributed by atoms with van der Waals surface area (Å²) in [5.74, 6) is 0. The van der Waals surface area contributed by atoms with Crippen LogP contribution in [0.4, 0.5) is 0 Å².